The first kappa shape index (κ1) is 15.0. The molecule has 2 nitrogen and oxygen atoms in total. The van der Waals surface area contributed by atoms with E-state index >= 15 is 0 Å². The van der Waals surface area contributed by atoms with Gasteiger partial charge in [0.05, 0.1) is 5.75 Å². The maximum absolute atomic E-state index is 13.3. The maximum Gasteiger partial charge on any atom is 0.230 e. The predicted molar refractivity (Wildman–Crippen MR) is 75.0 cm³/mol. The molecule has 1 aromatic rings. The Kier molecular flexibility index (Phi) is 6.19. The molecule has 1 rings (SSSR count). The summed E-state index contributed by atoms with van der Waals surface area (Å²) in [5, 5.41) is 2.93. The zero-order valence-electron chi connectivity index (χ0n) is 11.1. The Morgan fingerprint density at radius 3 is 2.61 bits per heavy atom. The van der Waals surface area contributed by atoms with Gasteiger partial charge in [-0.25, -0.2) is 4.39 Å². The van der Waals surface area contributed by atoms with Gasteiger partial charge in [-0.1, -0.05) is 32.0 Å². The van der Waals surface area contributed by atoms with E-state index in [1.807, 2.05) is 6.92 Å². The van der Waals surface area contributed by atoms with Crippen LogP contribution in [-0.2, 0) is 10.5 Å². The molecule has 18 heavy (non-hydrogen) atoms. The fourth-order valence-corrected chi connectivity index (χ4v) is 2.16. The minimum absolute atomic E-state index is 0.0116. The third-order valence-electron chi connectivity index (χ3n) is 2.84. The van der Waals surface area contributed by atoms with Crippen molar-refractivity contribution in [1.82, 2.24) is 5.32 Å². The summed E-state index contributed by atoms with van der Waals surface area (Å²) in [4.78, 5) is 11.6. The summed E-state index contributed by atoms with van der Waals surface area (Å²) in [5.74, 6) is 1.12. The summed E-state index contributed by atoms with van der Waals surface area (Å²) < 4.78 is 13.3. The molecule has 0 aliphatic carbocycles. The average molecular weight is 269 g/mol. The molecule has 0 radical (unpaired) electrons. The number of carbonyl (C=O) groups excluding carboxylic acids is 1. The highest BCUT2D eigenvalue weighted by atomic mass is 32.2. The summed E-state index contributed by atoms with van der Waals surface area (Å²) in [7, 11) is 0. The second-order valence-corrected chi connectivity index (χ2v) is 5.67. The SMILES string of the molecule is CC(C)[C@@H](C)NC(=O)CSCc1ccccc1F. The van der Waals surface area contributed by atoms with Crippen LogP contribution in [0.1, 0.15) is 26.3 Å². The molecule has 100 valence electrons. The molecule has 0 spiro atoms. The van der Waals surface area contributed by atoms with E-state index in [9.17, 15) is 9.18 Å². The first-order chi connectivity index (χ1) is 8.50. The molecule has 0 aliphatic heterocycles. The van der Waals surface area contributed by atoms with Crippen LogP contribution in [0.15, 0.2) is 24.3 Å². The van der Waals surface area contributed by atoms with Crippen LogP contribution < -0.4 is 5.32 Å². The zero-order chi connectivity index (χ0) is 13.5. The van der Waals surface area contributed by atoms with Gasteiger partial charge in [0.25, 0.3) is 0 Å². The van der Waals surface area contributed by atoms with Crippen molar-refractivity contribution in [2.45, 2.75) is 32.6 Å². The Balaban J connectivity index is 2.30. The van der Waals surface area contributed by atoms with Gasteiger partial charge >= 0.3 is 0 Å². The first-order valence-corrected chi connectivity index (χ1v) is 7.26. The molecule has 1 atom stereocenters. The molecule has 0 fully saturated rings. The van der Waals surface area contributed by atoms with E-state index in [4.69, 9.17) is 0 Å². The van der Waals surface area contributed by atoms with Crippen LogP contribution >= 0.6 is 11.8 Å². The molecule has 0 aromatic heterocycles. The van der Waals surface area contributed by atoms with E-state index in [1.54, 1.807) is 18.2 Å². The highest BCUT2D eigenvalue weighted by Gasteiger charge is 2.10. The molecule has 0 saturated heterocycles. The largest absolute Gasteiger partial charge is 0.353 e. The van der Waals surface area contributed by atoms with E-state index in [0.29, 0.717) is 23.0 Å². The normalized spacial score (nSPS) is 12.5. The highest BCUT2D eigenvalue weighted by Crippen LogP contribution is 2.15. The van der Waals surface area contributed by atoms with Crippen molar-refractivity contribution >= 4 is 17.7 Å². The van der Waals surface area contributed by atoms with Crippen molar-refractivity contribution in [3.8, 4) is 0 Å². The Hall–Kier alpha value is -1.03. The topological polar surface area (TPSA) is 29.1 Å². The second-order valence-electron chi connectivity index (χ2n) is 4.68. The summed E-state index contributed by atoms with van der Waals surface area (Å²) >= 11 is 1.43. The lowest BCUT2D eigenvalue weighted by Gasteiger charge is -2.17. The van der Waals surface area contributed by atoms with Gasteiger partial charge in [0.15, 0.2) is 0 Å². The van der Waals surface area contributed by atoms with Gasteiger partial charge in [0, 0.05) is 11.8 Å². The van der Waals surface area contributed by atoms with Gasteiger partial charge in [0.1, 0.15) is 5.82 Å². The Morgan fingerprint density at radius 1 is 1.33 bits per heavy atom. The van der Waals surface area contributed by atoms with Crippen molar-refractivity contribution in [3.63, 3.8) is 0 Å². The molecule has 0 unspecified atom stereocenters. The van der Waals surface area contributed by atoms with Crippen LogP contribution in [0.4, 0.5) is 4.39 Å². The molecule has 4 heteroatoms. The third kappa shape index (κ3) is 5.08. The summed E-state index contributed by atoms with van der Waals surface area (Å²) in [6, 6.07) is 6.83. The number of thioether (sulfide) groups is 1. The monoisotopic (exact) mass is 269 g/mol. The Morgan fingerprint density at radius 2 is 2.00 bits per heavy atom. The number of benzene rings is 1. The van der Waals surface area contributed by atoms with E-state index in [-0.39, 0.29) is 17.8 Å². The van der Waals surface area contributed by atoms with E-state index in [2.05, 4.69) is 19.2 Å². The van der Waals surface area contributed by atoms with Crippen LogP contribution in [-0.4, -0.2) is 17.7 Å². The van der Waals surface area contributed by atoms with Crippen molar-refractivity contribution in [1.29, 1.82) is 0 Å². The smallest absolute Gasteiger partial charge is 0.230 e. The number of carbonyl (C=O) groups is 1. The fourth-order valence-electron chi connectivity index (χ4n) is 1.33. The fraction of sp³-hybridized carbons (Fsp3) is 0.500. The third-order valence-corrected chi connectivity index (χ3v) is 3.82. The van der Waals surface area contributed by atoms with E-state index in [0.717, 1.165) is 0 Å². The quantitative estimate of drug-likeness (QED) is 0.859. The van der Waals surface area contributed by atoms with E-state index < -0.39 is 0 Å². The predicted octanol–water partition coefficient (Wildman–Crippen LogP) is 3.22. The number of nitrogens with one attached hydrogen (secondary N) is 1. The summed E-state index contributed by atoms with van der Waals surface area (Å²) in [6.07, 6.45) is 0. The van der Waals surface area contributed by atoms with Gasteiger partial charge in [-0.2, -0.15) is 0 Å². The van der Waals surface area contributed by atoms with Crippen LogP contribution in [0.3, 0.4) is 0 Å². The molecule has 1 N–H and O–H groups in total. The van der Waals surface area contributed by atoms with Crippen LogP contribution in [0, 0.1) is 11.7 Å². The lowest BCUT2D eigenvalue weighted by Crippen LogP contribution is -2.37. The Labute approximate surface area is 112 Å². The van der Waals surface area contributed by atoms with Gasteiger partial charge in [0.2, 0.25) is 5.91 Å². The first-order valence-electron chi connectivity index (χ1n) is 6.11. The van der Waals surface area contributed by atoms with Crippen molar-refractivity contribution < 1.29 is 9.18 Å². The van der Waals surface area contributed by atoms with E-state index in [1.165, 1.54) is 17.8 Å². The van der Waals surface area contributed by atoms with Crippen LogP contribution in [0.5, 0.6) is 0 Å². The average Bonchev–Trinajstić information content (AvgIpc) is 2.31. The number of amides is 1. The van der Waals surface area contributed by atoms with Crippen molar-refractivity contribution in [2.24, 2.45) is 5.92 Å². The lowest BCUT2D eigenvalue weighted by atomic mass is 10.1. The van der Waals surface area contributed by atoms with Crippen molar-refractivity contribution in [2.75, 3.05) is 5.75 Å². The van der Waals surface area contributed by atoms with Gasteiger partial charge in [-0.15, -0.1) is 11.8 Å². The van der Waals surface area contributed by atoms with Gasteiger partial charge < -0.3 is 5.32 Å². The van der Waals surface area contributed by atoms with Gasteiger partial charge in [-0.3, -0.25) is 4.79 Å². The molecular formula is C14H20FNOS. The number of hydrogen-bond donors (Lipinski definition) is 1. The molecule has 1 aromatic carbocycles. The number of hydrogen-bond acceptors (Lipinski definition) is 2. The molecule has 0 aliphatic rings. The summed E-state index contributed by atoms with van der Waals surface area (Å²) in [5.41, 5.74) is 0.646. The van der Waals surface area contributed by atoms with Crippen LogP contribution in [0.25, 0.3) is 0 Å². The highest BCUT2D eigenvalue weighted by molar-refractivity contribution is 7.99. The zero-order valence-corrected chi connectivity index (χ0v) is 11.9. The van der Waals surface area contributed by atoms with Gasteiger partial charge in [-0.05, 0) is 24.5 Å². The minimum Gasteiger partial charge on any atom is -0.353 e. The molecule has 0 saturated carbocycles. The number of rotatable bonds is 6. The van der Waals surface area contributed by atoms with Crippen molar-refractivity contribution in [3.05, 3.63) is 35.6 Å². The standard InChI is InChI=1S/C14H20FNOS/c1-10(2)11(3)16-14(17)9-18-8-12-6-4-5-7-13(12)15/h4-7,10-11H,8-9H2,1-3H3,(H,16,17)/t11-/m1/s1. The molecule has 1 amide bonds. The molecule has 0 bridgehead atoms. The lowest BCUT2D eigenvalue weighted by molar-refractivity contribution is -0.119. The second kappa shape index (κ2) is 7.41. The molecule has 0 heterocycles. The molecular weight excluding hydrogens is 249 g/mol. The summed E-state index contributed by atoms with van der Waals surface area (Å²) in [6.45, 7) is 6.12. The maximum atomic E-state index is 13.3. The number of halogens is 1. The van der Waals surface area contributed by atoms with Crippen LogP contribution in [0.2, 0.25) is 0 Å². The Bertz CT molecular complexity index is 395. The minimum atomic E-state index is -0.207.